The second-order valence-corrected chi connectivity index (χ2v) is 6.34. The largest absolute Gasteiger partial charge is 0.339 e. The van der Waals surface area contributed by atoms with Gasteiger partial charge in [-0.3, -0.25) is 0 Å². The highest BCUT2D eigenvalue weighted by atomic mass is 16.5. The first kappa shape index (κ1) is 13.0. The fourth-order valence-corrected chi connectivity index (χ4v) is 3.54. The Morgan fingerprint density at radius 1 is 1.19 bits per heavy atom. The van der Waals surface area contributed by atoms with Gasteiger partial charge in [0.15, 0.2) is 5.82 Å². The Balaban J connectivity index is 1.32. The van der Waals surface area contributed by atoms with Gasteiger partial charge in [-0.1, -0.05) is 35.5 Å². The minimum atomic E-state index is 0.306. The van der Waals surface area contributed by atoms with Gasteiger partial charge in [-0.15, -0.1) is 0 Å². The van der Waals surface area contributed by atoms with Crippen molar-refractivity contribution in [1.82, 2.24) is 15.5 Å². The molecule has 1 saturated carbocycles. The number of nitrogens with zero attached hydrogens (tertiary/aromatic N) is 2. The fourth-order valence-electron chi connectivity index (χ4n) is 3.54. The minimum absolute atomic E-state index is 0.306. The number of rotatable bonds is 4. The molecule has 2 aromatic rings. The Hall–Kier alpha value is -1.68. The molecule has 2 fully saturated rings. The first-order valence-electron chi connectivity index (χ1n) is 7.99. The summed E-state index contributed by atoms with van der Waals surface area (Å²) in [5.41, 5.74) is 1.47. The third-order valence-electron chi connectivity index (χ3n) is 4.83. The lowest BCUT2D eigenvalue weighted by Crippen LogP contribution is -2.23. The van der Waals surface area contributed by atoms with Gasteiger partial charge in [0.2, 0.25) is 5.89 Å². The Bertz CT molecular complexity index is 583. The predicted octanol–water partition coefficient (Wildman–Crippen LogP) is 3.23. The summed E-state index contributed by atoms with van der Waals surface area (Å²) >= 11 is 0. The molecule has 1 aliphatic heterocycles. The smallest absolute Gasteiger partial charge is 0.226 e. The molecule has 0 amide bonds. The molecule has 1 unspecified atom stereocenters. The highest BCUT2D eigenvalue weighted by Gasteiger charge is 2.32. The van der Waals surface area contributed by atoms with Crippen LogP contribution in [0.3, 0.4) is 0 Å². The minimum Gasteiger partial charge on any atom is -0.339 e. The van der Waals surface area contributed by atoms with E-state index < -0.39 is 0 Å². The average Bonchev–Trinajstić information content (AvgIpc) is 3.14. The van der Waals surface area contributed by atoms with Crippen molar-refractivity contribution < 1.29 is 4.52 Å². The van der Waals surface area contributed by atoms with Gasteiger partial charge < -0.3 is 9.84 Å². The van der Waals surface area contributed by atoms with Crippen LogP contribution < -0.4 is 5.32 Å². The molecule has 2 heterocycles. The summed E-state index contributed by atoms with van der Waals surface area (Å²) in [5, 5.41) is 7.55. The predicted molar refractivity (Wildman–Crippen MR) is 79.9 cm³/mol. The van der Waals surface area contributed by atoms with Crippen LogP contribution >= 0.6 is 0 Å². The van der Waals surface area contributed by atoms with Crippen LogP contribution in [0.4, 0.5) is 0 Å². The molecule has 110 valence electrons. The van der Waals surface area contributed by atoms with E-state index in [1.807, 2.05) is 0 Å². The highest BCUT2D eigenvalue weighted by Crippen LogP contribution is 2.42. The van der Waals surface area contributed by atoms with Gasteiger partial charge in [0, 0.05) is 6.42 Å². The van der Waals surface area contributed by atoms with Crippen molar-refractivity contribution in [2.75, 3.05) is 6.54 Å². The summed E-state index contributed by atoms with van der Waals surface area (Å²) in [6, 6.07) is 11.1. The summed E-state index contributed by atoms with van der Waals surface area (Å²) in [7, 11) is 0. The second-order valence-electron chi connectivity index (χ2n) is 6.34. The molecule has 1 saturated heterocycles. The molecule has 4 rings (SSSR count). The third kappa shape index (κ3) is 2.72. The number of benzene rings is 1. The van der Waals surface area contributed by atoms with E-state index >= 15 is 0 Å². The molecule has 1 aromatic carbocycles. The van der Waals surface area contributed by atoms with E-state index in [1.165, 1.54) is 24.8 Å². The van der Waals surface area contributed by atoms with Crippen molar-refractivity contribution in [2.24, 2.45) is 5.92 Å². The molecule has 4 nitrogen and oxygen atoms in total. The maximum absolute atomic E-state index is 5.42. The van der Waals surface area contributed by atoms with E-state index in [-0.39, 0.29) is 0 Å². The zero-order valence-corrected chi connectivity index (χ0v) is 12.2. The van der Waals surface area contributed by atoms with Crippen LogP contribution in [0.5, 0.6) is 0 Å². The van der Waals surface area contributed by atoms with E-state index in [1.54, 1.807) is 0 Å². The Kier molecular flexibility index (Phi) is 3.47. The van der Waals surface area contributed by atoms with Crippen molar-refractivity contribution in [3.63, 3.8) is 0 Å². The lowest BCUT2D eigenvalue weighted by molar-refractivity contribution is 0.236. The summed E-state index contributed by atoms with van der Waals surface area (Å²) in [6.07, 6.45) is 5.74. The van der Waals surface area contributed by atoms with Crippen molar-refractivity contribution in [1.29, 1.82) is 0 Å². The zero-order chi connectivity index (χ0) is 14.1. The monoisotopic (exact) mass is 283 g/mol. The Morgan fingerprint density at radius 3 is 2.81 bits per heavy atom. The molecule has 21 heavy (non-hydrogen) atoms. The van der Waals surface area contributed by atoms with E-state index in [2.05, 4.69) is 45.8 Å². The van der Waals surface area contributed by atoms with Crippen molar-refractivity contribution in [3.05, 3.63) is 47.6 Å². The Morgan fingerprint density at radius 2 is 2.05 bits per heavy atom. The van der Waals surface area contributed by atoms with Gasteiger partial charge in [-0.2, -0.15) is 4.98 Å². The highest BCUT2D eigenvalue weighted by molar-refractivity contribution is 5.22. The maximum Gasteiger partial charge on any atom is 0.226 e. The molecule has 0 radical (unpaired) electrons. The van der Waals surface area contributed by atoms with Crippen LogP contribution in [0, 0.1) is 5.92 Å². The average molecular weight is 283 g/mol. The van der Waals surface area contributed by atoms with Gasteiger partial charge >= 0.3 is 0 Å². The quantitative estimate of drug-likeness (QED) is 0.936. The summed E-state index contributed by atoms with van der Waals surface area (Å²) < 4.78 is 5.42. The number of nitrogens with one attached hydrogen (secondary N) is 1. The van der Waals surface area contributed by atoms with E-state index in [0.717, 1.165) is 37.0 Å². The molecule has 0 spiro atoms. The number of aromatic nitrogens is 2. The molecule has 1 aromatic heterocycles. The summed E-state index contributed by atoms with van der Waals surface area (Å²) in [5.74, 6) is 3.08. The number of hydrogen-bond donors (Lipinski definition) is 1. The molecule has 2 aliphatic rings. The summed E-state index contributed by atoms with van der Waals surface area (Å²) in [4.78, 5) is 4.57. The SMILES string of the molecule is c1ccc(C2CC(Cc3nc(C4CCCN4)no3)C2)cc1. The summed E-state index contributed by atoms with van der Waals surface area (Å²) in [6.45, 7) is 1.07. The zero-order valence-electron chi connectivity index (χ0n) is 12.2. The first-order valence-corrected chi connectivity index (χ1v) is 7.99. The van der Waals surface area contributed by atoms with Crippen LogP contribution in [0.2, 0.25) is 0 Å². The van der Waals surface area contributed by atoms with Crippen LogP contribution in [0.15, 0.2) is 34.9 Å². The van der Waals surface area contributed by atoms with Crippen molar-refractivity contribution in [3.8, 4) is 0 Å². The topological polar surface area (TPSA) is 51.0 Å². The lowest BCUT2D eigenvalue weighted by atomic mass is 9.70. The third-order valence-corrected chi connectivity index (χ3v) is 4.83. The molecule has 1 N–H and O–H groups in total. The van der Waals surface area contributed by atoms with Gasteiger partial charge in [-0.25, -0.2) is 0 Å². The maximum atomic E-state index is 5.42. The fraction of sp³-hybridized carbons (Fsp3) is 0.529. The molecule has 4 heteroatoms. The van der Waals surface area contributed by atoms with Gasteiger partial charge in [-0.05, 0) is 49.6 Å². The first-order chi connectivity index (χ1) is 10.4. The van der Waals surface area contributed by atoms with E-state index in [0.29, 0.717) is 12.0 Å². The van der Waals surface area contributed by atoms with E-state index in [9.17, 15) is 0 Å². The molecule has 1 aliphatic carbocycles. The second kappa shape index (κ2) is 5.60. The van der Waals surface area contributed by atoms with Crippen LogP contribution in [-0.2, 0) is 6.42 Å². The van der Waals surface area contributed by atoms with Crippen molar-refractivity contribution >= 4 is 0 Å². The van der Waals surface area contributed by atoms with Crippen molar-refractivity contribution in [2.45, 2.75) is 44.1 Å². The van der Waals surface area contributed by atoms with Gasteiger partial charge in [0.25, 0.3) is 0 Å². The van der Waals surface area contributed by atoms with E-state index in [4.69, 9.17) is 4.52 Å². The molecular weight excluding hydrogens is 262 g/mol. The Labute approximate surface area is 124 Å². The number of hydrogen-bond acceptors (Lipinski definition) is 4. The molecule has 0 bridgehead atoms. The standard InChI is InChI=1S/C17H21N3O/c1-2-5-13(6-3-1)14-9-12(10-14)11-16-19-17(20-21-16)15-7-4-8-18-15/h1-3,5-6,12,14-15,18H,4,7-11H2. The molecular formula is C17H21N3O. The van der Waals surface area contributed by atoms with Crippen LogP contribution in [0.25, 0.3) is 0 Å². The van der Waals surface area contributed by atoms with Gasteiger partial charge in [0.05, 0.1) is 6.04 Å². The normalized spacial score (nSPS) is 28.5. The van der Waals surface area contributed by atoms with Crippen LogP contribution in [-0.4, -0.2) is 16.7 Å². The lowest BCUT2D eigenvalue weighted by Gasteiger charge is -2.34. The van der Waals surface area contributed by atoms with Crippen LogP contribution in [0.1, 0.15) is 54.9 Å². The molecule has 1 atom stereocenters. The van der Waals surface area contributed by atoms with Gasteiger partial charge in [0.1, 0.15) is 0 Å².